The van der Waals surface area contributed by atoms with Gasteiger partial charge in [-0.1, -0.05) is 0 Å². The Morgan fingerprint density at radius 2 is 2.33 bits per heavy atom. The van der Waals surface area contributed by atoms with Gasteiger partial charge in [0.05, 0.1) is 29.8 Å². The number of nitrogens with zero attached hydrogens (tertiary/aromatic N) is 3. The Hall–Kier alpha value is -2.04. The standard InChI is InChI=1S/C10H13N5/c1-15-10(2-3-14-15)7-13-9-4-8(11)5-12-6-9/h2-6,13H,7,11H2,1H3. The molecule has 0 atom stereocenters. The summed E-state index contributed by atoms with van der Waals surface area (Å²) in [6, 6.07) is 3.82. The predicted molar refractivity (Wildman–Crippen MR) is 59.2 cm³/mol. The average molecular weight is 203 g/mol. The molecule has 5 heteroatoms. The molecule has 0 aliphatic rings. The van der Waals surface area contributed by atoms with Crippen molar-refractivity contribution in [2.45, 2.75) is 6.54 Å². The number of anilines is 2. The fourth-order valence-corrected chi connectivity index (χ4v) is 1.32. The number of aromatic nitrogens is 3. The Bertz CT molecular complexity index is 449. The number of hydrogen-bond acceptors (Lipinski definition) is 4. The van der Waals surface area contributed by atoms with Gasteiger partial charge in [-0.05, 0) is 12.1 Å². The van der Waals surface area contributed by atoms with E-state index in [9.17, 15) is 0 Å². The third-order valence-corrected chi connectivity index (χ3v) is 2.16. The monoisotopic (exact) mass is 203 g/mol. The summed E-state index contributed by atoms with van der Waals surface area (Å²) < 4.78 is 1.83. The van der Waals surface area contributed by atoms with E-state index in [1.165, 1.54) is 0 Å². The summed E-state index contributed by atoms with van der Waals surface area (Å²) in [7, 11) is 1.91. The molecule has 2 rings (SSSR count). The van der Waals surface area contributed by atoms with Crippen molar-refractivity contribution in [3.05, 3.63) is 36.4 Å². The lowest BCUT2D eigenvalue weighted by molar-refractivity contribution is 0.720. The summed E-state index contributed by atoms with van der Waals surface area (Å²) in [5, 5.41) is 7.31. The van der Waals surface area contributed by atoms with Gasteiger partial charge in [0.1, 0.15) is 0 Å². The Balaban J connectivity index is 2.02. The molecule has 0 aromatic carbocycles. The Morgan fingerprint density at radius 3 is 3.00 bits per heavy atom. The maximum Gasteiger partial charge on any atom is 0.0571 e. The van der Waals surface area contributed by atoms with Crippen LogP contribution >= 0.6 is 0 Å². The van der Waals surface area contributed by atoms with E-state index in [0.717, 1.165) is 11.4 Å². The van der Waals surface area contributed by atoms with Crippen molar-refractivity contribution in [3.8, 4) is 0 Å². The number of nitrogens with two attached hydrogens (primary N) is 1. The molecule has 2 aromatic heterocycles. The molecule has 2 heterocycles. The van der Waals surface area contributed by atoms with Crippen LogP contribution in [0.3, 0.4) is 0 Å². The quantitative estimate of drug-likeness (QED) is 0.781. The third-order valence-electron chi connectivity index (χ3n) is 2.16. The third kappa shape index (κ3) is 2.25. The summed E-state index contributed by atoms with van der Waals surface area (Å²) in [6.07, 6.45) is 5.14. The first kappa shape index (κ1) is 9.51. The molecule has 0 spiro atoms. The van der Waals surface area contributed by atoms with Crippen LogP contribution in [-0.4, -0.2) is 14.8 Å². The smallest absolute Gasteiger partial charge is 0.0571 e. The van der Waals surface area contributed by atoms with Crippen LogP contribution in [0.25, 0.3) is 0 Å². The summed E-state index contributed by atoms with van der Waals surface area (Å²) in [4.78, 5) is 4.00. The lowest BCUT2D eigenvalue weighted by atomic mass is 10.3. The van der Waals surface area contributed by atoms with Crippen molar-refractivity contribution in [3.63, 3.8) is 0 Å². The highest BCUT2D eigenvalue weighted by Gasteiger charge is 1.98. The molecule has 0 bridgehead atoms. The molecule has 5 nitrogen and oxygen atoms in total. The fourth-order valence-electron chi connectivity index (χ4n) is 1.32. The number of nitrogens with one attached hydrogen (secondary N) is 1. The predicted octanol–water partition coefficient (Wildman–Crippen LogP) is 1.01. The van der Waals surface area contributed by atoms with E-state index in [2.05, 4.69) is 15.4 Å². The second-order valence-electron chi connectivity index (χ2n) is 3.31. The normalized spacial score (nSPS) is 10.2. The number of nitrogen functional groups attached to an aromatic ring is 1. The van der Waals surface area contributed by atoms with E-state index in [4.69, 9.17) is 5.73 Å². The van der Waals surface area contributed by atoms with Gasteiger partial charge in [-0.3, -0.25) is 9.67 Å². The maximum atomic E-state index is 5.62. The molecule has 2 aromatic rings. The number of rotatable bonds is 3. The summed E-state index contributed by atoms with van der Waals surface area (Å²) >= 11 is 0. The Labute approximate surface area is 87.9 Å². The molecule has 0 saturated heterocycles. The second kappa shape index (κ2) is 4.00. The summed E-state index contributed by atoms with van der Waals surface area (Å²) in [5.74, 6) is 0. The number of aryl methyl sites for hydroxylation is 1. The molecule has 0 unspecified atom stereocenters. The Kier molecular flexibility index (Phi) is 2.53. The van der Waals surface area contributed by atoms with Crippen LogP contribution in [0.15, 0.2) is 30.7 Å². The largest absolute Gasteiger partial charge is 0.397 e. The molecule has 0 amide bonds. The van der Waals surface area contributed by atoms with Crippen molar-refractivity contribution in [1.29, 1.82) is 0 Å². The SMILES string of the molecule is Cn1nccc1CNc1cncc(N)c1. The van der Waals surface area contributed by atoms with Crippen molar-refractivity contribution in [2.75, 3.05) is 11.1 Å². The highest BCUT2D eigenvalue weighted by molar-refractivity contribution is 5.51. The van der Waals surface area contributed by atoms with Gasteiger partial charge in [-0.15, -0.1) is 0 Å². The maximum absolute atomic E-state index is 5.62. The molecular weight excluding hydrogens is 190 g/mol. The molecule has 0 radical (unpaired) electrons. The van der Waals surface area contributed by atoms with Crippen LogP contribution in [-0.2, 0) is 13.6 Å². The van der Waals surface area contributed by atoms with E-state index < -0.39 is 0 Å². The van der Waals surface area contributed by atoms with Crippen LogP contribution in [0.2, 0.25) is 0 Å². The van der Waals surface area contributed by atoms with E-state index in [0.29, 0.717) is 12.2 Å². The fraction of sp³-hybridized carbons (Fsp3) is 0.200. The lowest BCUT2D eigenvalue weighted by Crippen LogP contribution is -2.05. The Morgan fingerprint density at radius 1 is 1.47 bits per heavy atom. The van der Waals surface area contributed by atoms with E-state index in [1.807, 2.05) is 23.9 Å². The van der Waals surface area contributed by atoms with Crippen molar-refractivity contribution >= 4 is 11.4 Å². The average Bonchev–Trinajstić information content (AvgIpc) is 2.61. The first-order chi connectivity index (χ1) is 7.25. The first-order valence-corrected chi connectivity index (χ1v) is 4.67. The number of pyridine rings is 1. The molecule has 0 aliphatic heterocycles. The molecule has 0 saturated carbocycles. The van der Waals surface area contributed by atoms with Gasteiger partial charge in [0.25, 0.3) is 0 Å². The van der Waals surface area contributed by atoms with Crippen LogP contribution < -0.4 is 11.1 Å². The van der Waals surface area contributed by atoms with Crippen molar-refractivity contribution in [1.82, 2.24) is 14.8 Å². The van der Waals surface area contributed by atoms with E-state index in [1.54, 1.807) is 18.6 Å². The van der Waals surface area contributed by atoms with Gasteiger partial charge < -0.3 is 11.1 Å². The first-order valence-electron chi connectivity index (χ1n) is 4.67. The molecule has 3 N–H and O–H groups in total. The molecule has 78 valence electrons. The van der Waals surface area contributed by atoms with Crippen LogP contribution in [0.1, 0.15) is 5.69 Å². The zero-order valence-electron chi connectivity index (χ0n) is 8.51. The van der Waals surface area contributed by atoms with Crippen LogP contribution in [0.4, 0.5) is 11.4 Å². The highest BCUT2D eigenvalue weighted by Crippen LogP contribution is 2.10. The molecule has 15 heavy (non-hydrogen) atoms. The van der Waals surface area contributed by atoms with E-state index in [-0.39, 0.29) is 0 Å². The minimum Gasteiger partial charge on any atom is -0.397 e. The topological polar surface area (TPSA) is 68.8 Å². The van der Waals surface area contributed by atoms with Gasteiger partial charge in [0, 0.05) is 19.4 Å². The van der Waals surface area contributed by atoms with E-state index >= 15 is 0 Å². The minimum absolute atomic E-state index is 0.657. The van der Waals surface area contributed by atoms with Gasteiger partial charge >= 0.3 is 0 Å². The second-order valence-corrected chi connectivity index (χ2v) is 3.31. The summed E-state index contributed by atoms with van der Waals surface area (Å²) in [6.45, 7) is 0.710. The zero-order valence-corrected chi connectivity index (χ0v) is 8.51. The van der Waals surface area contributed by atoms with Crippen molar-refractivity contribution < 1.29 is 0 Å². The molecule has 0 aliphatic carbocycles. The van der Waals surface area contributed by atoms with Crippen LogP contribution in [0.5, 0.6) is 0 Å². The minimum atomic E-state index is 0.657. The molecule has 0 fully saturated rings. The zero-order chi connectivity index (χ0) is 10.7. The van der Waals surface area contributed by atoms with Gasteiger partial charge in [0.15, 0.2) is 0 Å². The lowest BCUT2D eigenvalue weighted by Gasteiger charge is -2.06. The summed E-state index contributed by atoms with van der Waals surface area (Å²) in [5.41, 5.74) is 8.30. The van der Waals surface area contributed by atoms with Crippen molar-refractivity contribution in [2.24, 2.45) is 7.05 Å². The van der Waals surface area contributed by atoms with Gasteiger partial charge in [-0.25, -0.2) is 0 Å². The highest BCUT2D eigenvalue weighted by atomic mass is 15.3. The number of hydrogen-bond donors (Lipinski definition) is 2. The van der Waals surface area contributed by atoms with Crippen LogP contribution in [0, 0.1) is 0 Å². The van der Waals surface area contributed by atoms with Gasteiger partial charge in [-0.2, -0.15) is 5.10 Å². The molecular formula is C10H13N5. The van der Waals surface area contributed by atoms with Gasteiger partial charge in [0.2, 0.25) is 0 Å².